The predicted molar refractivity (Wildman–Crippen MR) is 64.2 cm³/mol. The van der Waals surface area contributed by atoms with E-state index in [4.69, 9.17) is 4.74 Å². The summed E-state index contributed by atoms with van der Waals surface area (Å²) in [5, 5.41) is 3.46. The van der Waals surface area contributed by atoms with Crippen LogP contribution in [0, 0.1) is 0 Å². The summed E-state index contributed by atoms with van der Waals surface area (Å²) < 4.78 is 5.14. The Morgan fingerprint density at radius 2 is 2.07 bits per heavy atom. The maximum absolute atomic E-state index is 5.14. The summed E-state index contributed by atoms with van der Waals surface area (Å²) in [6.45, 7) is 8.71. The van der Waals surface area contributed by atoms with Crippen molar-refractivity contribution in [2.75, 3.05) is 33.4 Å². The van der Waals surface area contributed by atoms with Crippen molar-refractivity contribution in [3.63, 3.8) is 0 Å². The summed E-state index contributed by atoms with van der Waals surface area (Å²) >= 11 is 0. The zero-order chi connectivity index (χ0) is 11.1. The third kappa shape index (κ3) is 6.13. The highest BCUT2D eigenvalue weighted by Gasteiger charge is 2.27. The monoisotopic (exact) mass is 214 g/mol. The molecule has 90 valence electrons. The van der Waals surface area contributed by atoms with Crippen molar-refractivity contribution in [3.8, 4) is 0 Å². The lowest BCUT2D eigenvalue weighted by molar-refractivity contribution is 0.142. The number of rotatable bonds is 9. The average molecular weight is 214 g/mol. The minimum Gasteiger partial charge on any atom is -0.383 e. The molecule has 1 N–H and O–H groups in total. The highest BCUT2D eigenvalue weighted by Crippen LogP contribution is 2.26. The molecule has 0 radical (unpaired) electrons. The summed E-state index contributed by atoms with van der Waals surface area (Å²) in [5.74, 6) is 0. The van der Waals surface area contributed by atoms with Crippen LogP contribution in [0.1, 0.15) is 33.1 Å². The van der Waals surface area contributed by atoms with Gasteiger partial charge in [0.05, 0.1) is 6.61 Å². The van der Waals surface area contributed by atoms with E-state index in [0.717, 1.165) is 25.7 Å². The molecule has 0 aromatic carbocycles. The molecule has 1 aliphatic rings. The molecule has 3 heteroatoms. The second-order valence-electron chi connectivity index (χ2n) is 4.72. The van der Waals surface area contributed by atoms with Gasteiger partial charge in [-0.25, -0.2) is 0 Å². The molecule has 0 aromatic rings. The van der Waals surface area contributed by atoms with Gasteiger partial charge in [-0.05, 0) is 32.4 Å². The number of hydrogen-bond donors (Lipinski definition) is 1. The van der Waals surface area contributed by atoms with Crippen LogP contribution in [-0.2, 0) is 4.74 Å². The Hall–Kier alpha value is -0.120. The molecule has 0 amide bonds. The second-order valence-corrected chi connectivity index (χ2v) is 4.72. The highest BCUT2D eigenvalue weighted by atomic mass is 16.5. The van der Waals surface area contributed by atoms with Crippen LogP contribution >= 0.6 is 0 Å². The maximum atomic E-state index is 5.14. The molecule has 0 atom stereocenters. The van der Waals surface area contributed by atoms with Crippen molar-refractivity contribution >= 4 is 0 Å². The molecule has 1 aliphatic carbocycles. The zero-order valence-electron chi connectivity index (χ0n) is 10.5. The van der Waals surface area contributed by atoms with Crippen molar-refractivity contribution in [1.82, 2.24) is 10.2 Å². The van der Waals surface area contributed by atoms with Crippen LogP contribution in [0.2, 0.25) is 0 Å². The first-order valence-corrected chi connectivity index (χ1v) is 6.20. The lowest BCUT2D eigenvalue weighted by atomic mass is 10.3. The smallest absolute Gasteiger partial charge is 0.0589 e. The van der Waals surface area contributed by atoms with Gasteiger partial charge < -0.3 is 10.1 Å². The largest absolute Gasteiger partial charge is 0.383 e. The summed E-state index contributed by atoms with van der Waals surface area (Å²) in [7, 11) is 1.78. The molecule has 0 saturated heterocycles. The van der Waals surface area contributed by atoms with Gasteiger partial charge >= 0.3 is 0 Å². The highest BCUT2D eigenvalue weighted by molar-refractivity contribution is 4.84. The van der Waals surface area contributed by atoms with Crippen LogP contribution in [0.5, 0.6) is 0 Å². The molecule has 0 aliphatic heterocycles. The quantitative estimate of drug-likeness (QED) is 0.589. The van der Waals surface area contributed by atoms with Crippen LogP contribution in [0.15, 0.2) is 0 Å². The zero-order valence-corrected chi connectivity index (χ0v) is 10.5. The normalized spacial score (nSPS) is 16.6. The van der Waals surface area contributed by atoms with Crippen LogP contribution in [0.4, 0.5) is 0 Å². The molecule has 3 nitrogen and oxygen atoms in total. The minimum absolute atomic E-state index is 0.610. The summed E-state index contributed by atoms with van der Waals surface area (Å²) in [4.78, 5) is 2.57. The van der Waals surface area contributed by atoms with Crippen LogP contribution in [0.25, 0.3) is 0 Å². The van der Waals surface area contributed by atoms with Gasteiger partial charge in [-0.15, -0.1) is 0 Å². The molecule has 1 fully saturated rings. The fraction of sp³-hybridized carbons (Fsp3) is 1.00. The van der Waals surface area contributed by atoms with Crippen molar-refractivity contribution in [1.29, 1.82) is 0 Å². The molecule has 15 heavy (non-hydrogen) atoms. The number of methoxy groups -OCH3 is 1. The predicted octanol–water partition coefficient (Wildman–Crippen LogP) is 1.49. The Morgan fingerprint density at radius 3 is 2.60 bits per heavy atom. The Labute approximate surface area is 94.2 Å². The van der Waals surface area contributed by atoms with Crippen LogP contribution < -0.4 is 5.32 Å². The van der Waals surface area contributed by atoms with E-state index >= 15 is 0 Å². The number of nitrogens with one attached hydrogen (secondary N) is 1. The summed E-state index contributed by atoms with van der Waals surface area (Å²) in [6.07, 6.45) is 4.03. The SMILES string of the molecule is COCCN(CCCNC(C)C)C1CC1. The molecule has 0 aromatic heterocycles. The molecular formula is C12H26N2O. The standard InChI is InChI=1S/C12H26N2O/c1-11(2)13-7-4-8-14(9-10-15-3)12-5-6-12/h11-13H,4-10H2,1-3H3. The minimum atomic E-state index is 0.610. The van der Waals surface area contributed by atoms with Crippen molar-refractivity contribution in [2.45, 2.75) is 45.2 Å². The third-order valence-electron chi connectivity index (χ3n) is 2.82. The first-order valence-electron chi connectivity index (χ1n) is 6.20. The van der Waals surface area contributed by atoms with Gasteiger partial charge in [-0.3, -0.25) is 4.90 Å². The molecule has 0 heterocycles. The third-order valence-corrected chi connectivity index (χ3v) is 2.82. The fourth-order valence-electron chi connectivity index (χ4n) is 1.80. The summed E-state index contributed by atoms with van der Waals surface area (Å²) in [6, 6.07) is 1.47. The van der Waals surface area contributed by atoms with E-state index in [0.29, 0.717) is 6.04 Å². The Morgan fingerprint density at radius 1 is 1.33 bits per heavy atom. The van der Waals surface area contributed by atoms with E-state index in [1.165, 1.54) is 25.8 Å². The Balaban J connectivity index is 2.03. The van der Waals surface area contributed by atoms with Gasteiger partial charge in [0.2, 0.25) is 0 Å². The Bertz CT molecular complexity index is 158. The van der Waals surface area contributed by atoms with E-state index in [-0.39, 0.29) is 0 Å². The van der Waals surface area contributed by atoms with Crippen molar-refractivity contribution < 1.29 is 4.74 Å². The molecule has 1 saturated carbocycles. The van der Waals surface area contributed by atoms with Gasteiger partial charge in [0.15, 0.2) is 0 Å². The fourth-order valence-corrected chi connectivity index (χ4v) is 1.80. The maximum Gasteiger partial charge on any atom is 0.0589 e. The van der Waals surface area contributed by atoms with Crippen LogP contribution in [0.3, 0.4) is 0 Å². The molecular weight excluding hydrogens is 188 g/mol. The van der Waals surface area contributed by atoms with E-state index in [1.807, 2.05) is 0 Å². The van der Waals surface area contributed by atoms with Gasteiger partial charge in [0.25, 0.3) is 0 Å². The molecule has 1 rings (SSSR count). The number of hydrogen-bond acceptors (Lipinski definition) is 3. The van der Waals surface area contributed by atoms with E-state index in [2.05, 4.69) is 24.1 Å². The lowest BCUT2D eigenvalue weighted by Crippen LogP contribution is -2.33. The molecule has 0 spiro atoms. The first-order chi connectivity index (χ1) is 7.24. The summed E-state index contributed by atoms with van der Waals surface area (Å²) in [5.41, 5.74) is 0. The molecule has 0 bridgehead atoms. The van der Waals surface area contributed by atoms with Gasteiger partial charge in [-0.2, -0.15) is 0 Å². The topological polar surface area (TPSA) is 24.5 Å². The Kier molecular flexibility index (Phi) is 6.22. The van der Waals surface area contributed by atoms with E-state index in [9.17, 15) is 0 Å². The average Bonchev–Trinajstić information content (AvgIpc) is 3.00. The molecule has 0 unspecified atom stereocenters. The van der Waals surface area contributed by atoms with Gasteiger partial charge in [0.1, 0.15) is 0 Å². The van der Waals surface area contributed by atoms with E-state index in [1.54, 1.807) is 7.11 Å². The number of nitrogens with zero attached hydrogens (tertiary/aromatic N) is 1. The van der Waals surface area contributed by atoms with Crippen LogP contribution in [-0.4, -0.2) is 50.3 Å². The van der Waals surface area contributed by atoms with Gasteiger partial charge in [-0.1, -0.05) is 13.8 Å². The first kappa shape index (κ1) is 12.9. The number of ether oxygens (including phenoxy) is 1. The van der Waals surface area contributed by atoms with Crippen molar-refractivity contribution in [3.05, 3.63) is 0 Å². The lowest BCUT2D eigenvalue weighted by Gasteiger charge is -2.21. The van der Waals surface area contributed by atoms with E-state index < -0.39 is 0 Å². The second kappa shape index (κ2) is 7.20. The van der Waals surface area contributed by atoms with Gasteiger partial charge in [0, 0.05) is 25.7 Å². The van der Waals surface area contributed by atoms with Crippen molar-refractivity contribution in [2.24, 2.45) is 0 Å².